The first kappa shape index (κ1) is 18.8. The second-order valence-electron chi connectivity index (χ2n) is 5.91. The topological polar surface area (TPSA) is 98.7 Å². The van der Waals surface area contributed by atoms with Gasteiger partial charge in [0.15, 0.2) is 11.0 Å². The number of anilines is 1. The van der Waals surface area contributed by atoms with E-state index < -0.39 is 0 Å². The van der Waals surface area contributed by atoms with E-state index in [0.29, 0.717) is 34.7 Å². The lowest BCUT2D eigenvalue weighted by molar-refractivity contribution is -0.113. The van der Waals surface area contributed by atoms with E-state index in [4.69, 9.17) is 4.42 Å². The first-order valence-corrected chi connectivity index (χ1v) is 9.58. The Hall–Kier alpha value is -3.53. The van der Waals surface area contributed by atoms with E-state index in [0.717, 1.165) is 0 Å². The minimum absolute atomic E-state index is 0.105. The van der Waals surface area contributed by atoms with E-state index in [1.807, 2.05) is 10.6 Å². The molecule has 0 fully saturated rings. The average molecular weight is 410 g/mol. The van der Waals surface area contributed by atoms with Crippen LogP contribution in [0.15, 0.2) is 70.8 Å². The quantitative estimate of drug-likeness (QED) is 0.467. The molecule has 0 aliphatic rings. The van der Waals surface area contributed by atoms with Crippen LogP contribution in [-0.2, 0) is 11.3 Å². The molecule has 1 amide bonds. The molecule has 10 heteroatoms. The predicted octanol–water partition coefficient (Wildman–Crippen LogP) is 3.25. The van der Waals surface area contributed by atoms with E-state index in [9.17, 15) is 9.18 Å². The highest BCUT2D eigenvalue weighted by Gasteiger charge is 2.18. The van der Waals surface area contributed by atoms with Gasteiger partial charge in [-0.2, -0.15) is 0 Å². The Balaban J connectivity index is 1.51. The number of hydrogen-bond donors (Lipinski definition) is 1. The fourth-order valence-electron chi connectivity index (χ4n) is 2.56. The Kier molecular flexibility index (Phi) is 5.61. The number of aromatic nitrogens is 5. The van der Waals surface area contributed by atoms with Crippen LogP contribution in [0, 0.1) is 5.82 Å². The van der Waals surface area contributed by atoms with Gasteiger partial charge in [0.1, 0.15) is 17.3 Å². The molecule has 0 saturated heterocycles. The molecule has 1 aromatic carbocycles. The van der Waals surface area contributed by atoms with E-state index in [2.05, 4.69) is 25.5 Å². The molecule has 0 radical (unpaired) electrons. The summed E-state index contributed by atoms with van der Waals surface area (Å²) in [7, 11) is 0. The van der Waals surface area contributed by atoms with Gasteiger partial charge in [-0.1, -0.05) is 11.8 Å². The molecular formula is C19H15FN6O2S. The lowest BCUT2D eigenvalue weighted by atomic mass is 10.3. The molecule has 3 heterocycles. The summed E-state index contributed by atoms with van der Waals surface area (Å²) < 4.78 is 20.2. The second kappa shape index (κ2) is 8.65. The summed E-state index contributed by atoms with van der Waals surface area (Å²) in [6.07, 6.45) is 6.33. The third-order valence-electron chi connectivity index (χ3n) is 3.86. The van der Waals surface area contributed by atoms with Crippen LogP contribution in [0.5, 0.6) is 0 Å². The number of nitrogens with zero attached hydrogens (tertiary/aromatic N) is 5. The molecule has 0 aliphatic heterocycles. The molecule has 4 aromatic rings. The average Bonchev–Trinajstić information content (AvgIpc) is 3.39. The molecule has 4 rings (SSSR count). The Bertz CT molecular complexity index is 1080. The molecular weight excluding hydrogens is 395 g/mol. The first-order chi connectivity index (χ1) is 14.2. The molecule has 146 valence electrons. The molecule has 0 saturated carbocycles. The van der Waals surface area contributed by atoms with Crippen molar-refractivity contribution in [1.29, 1.82) is 0 Å². The Morgan fingerprint density at radius 3 is 2.76 bits per heavy atom. The maximum absolute atomic E-state index is 13.0. The van der Waals surface area contributed by atoms with Crippen LogP contribution in [-0.4, -0.2) is 36.4 Å². The lowest BCUT2D eigenvalue weighted by Gasteiger charge is -2.08. The number of thioether (sulfide) groups is 1. The van der Waals surface area contributed by atoms with Gasteiger partial charge in [-0.15, -0.1) is 10.2 Å². The highest BCUT2D eigenvalue weighted by molar-refractivity contribution is 7.99. The standard InChI is InChI=1S/C19H15FN6O2S/c20-13-3-5-14(6-4-13)23-17(27)12-29-19-25-24-18(16-10-21-7-8-22-16)26(19)11-15-2-1-9-28-15/h1-10H,11-12H2,(H,23,27). The second-order valence-corrected chi connectivity index (χ2v) is 6.85. The van der Waals surface area contributed by atoms with Crippen LogP contribution < -0.4 is 5.32 Å². The van der Waals surface area contributed by atoms with Crippen LogP contribution in [0.25, 0.3) is 11.5 Å². The SMILES string of the molecule is O=C(CSc1nnc(-c2cnccn2)n1Cc1ccco1)Nc1ccc(F)cc1. The minimum atomic E-state index is -0.361. The van der Waals surface area contributed by atoms with Crippen LogP contribution in [0.1, 0.15) is 5.76 Å². The molecule has 0 aliphatic carbocycles. The normalized spacial score (nSPS) is 10.8. The number of benzene rings is 1. The molecule has 8 nitrogen and oxygen atoms in total. The summed E-state index contributed by atoms with van der Waals surface area (Å²) in [4.78, 5) is 20.6. The number of furan rings is 1. The van der Waals surface area contributed by atoms with Crippen molar-refractivity contribution in [3.05, 3.63) is 72.8 Å². The van der Waals surface area contributed by atoms with Crippen molar-refractivity contribution >= 4 is 23.4 Å². The van der Waals surface area contributed by atoms with Gasteiger partial charge in [0.05, 0.1) is 24.8 Å². The molecule has 0 unspecified atom stereocenters. The first-order valence-electron chi connectivity index (χ1n) is 8.59. The van der Waals surface area contributed by atoms with Gasteiger partial charge in [-0.05, 0) is 36.4 Å². The number of nitrogens with one attached hydrogen (secondary N) is 1. The van der Waals surface area contributed by atoms with Crippen molar-refractivity contribution in [1.82, 2.24) is 24.7 Å². The van der Waals surface area contributed by atoms with Crippen molar-refractivity contribution in [3.8, 4) is 11.5 Å². The zero-order valence-electron chi connectivity index (χ0n) is 15.0. The molecule has 0 spiro atoms. The van der Waals surface area contributed by atoms with Gasteiger partial charge in [-0.25, -0.2) is 9.37 Å². The predicted molar refractivity (Wildman–Crippen MR) is 105 cm³/mol. The van der Waals surface area contributed by atoms with Crippen molar-refractivity contribution in [3.63, 3.8) is 0 Å². The van der Waals surface area contributed by atoms with Crippen LogP contribution in [0.2, 0.25) is 0 Å². The number of carbonyl (C=O) groups excluding carboxylic acids is 1. The summed E-state index contributed by atoms with van der Waals surface area (Å²) in [6.45, 7) is 0.383. The van der Waals surface area contributed by atoms with Crippen molar-refractivity contribution in [2.75, 3.05) is 11.1 Å². The van der Waals surface area contributed by atoms with E-state index in [1.165, 1.54) is 36.0 Å². The number of rotatable bonds is 7. The molecule has 1 N–H and O–H groups in total. The summed E-state index contributed by atoms with van der Waals surface area (Å²) in [5, 5.41) is 11.7. The molecule has 29 heavy (non-hydrogen) atoms. The van der Waals surface area contributed by atoms with Crippen molar-refractivity contribution < 1.29 is 13.6 Å². The van der Waals surface area contributed by atoms with Gasteiger partial charge in [0, 0.05) is 18.1 Å². The maximum atomic E-state index is 13.0. The van der Waals surface area contributed by atoms with Gasteiger partial charge in [0.25, 0.3) is 0 Å². The zero-order valence-corrected chi connectivity index (χ0v) is 15.8. The Morgan fingerprint density at radius 2 is 2.03 bits per heavy atom. The van der Waals surface area contributed by atoms with Gasteiger partial charge in [0.2, 0.25) is 5.91 Å². The zero-order chi connectivity index (χ0) is 20.1. The maximum Gasteiger partial charge on any atom is 0.234 e. The summed E-state index contributed by atoms with van der Waals surface area (Å²) in [5.74, 6) is 0.743. The number of carbonyl (C=O) groups is 1. The fourth-order valence-corrected chi connectivity index (χ4v) is 3.30. The van der Waals surface area contributed by atoms with Crippen LogP contribution >= 0.6 is 11.8 Å². The largest absolute Gasteiger partial charge is 0.467 e. The summed E-state index contributed by atoms with van der Waals surface area (Å²) >= 11 is 1.23. The Morgan fingerprint density at radius 1 is 1.17 bits per heavy atom. The molecule has 3 aromatic heterocycles. The fraction of sp³-hybridized carbons (Fsp3) is 0.105. The van der Waals surface area contributed by atoms with Gasteiger partial charge >= 0.3 is 0 Å². The minimum Gasteiger partial charge on any atom is -0.467 e. The third-order valence-corrected chi connectivity index (χ3v) is 4.83. The third kappa shape index (κ3) is 4.66. The van der Waals surface area contributed by atoms with Gasteiger partial charge in [-0.3, -0.25) is 14.3 Å². The van der Waals surface area contributed by atoms with Gasteiger partial charge < -0.3 is 9.73 Å². The monoisotopic (exact) mass is 410 g/mol. The Labute approximate surface area is 169 Å². The van der Waals surface area contributed by atoms with Crippen LogP contribution in [0.3, 0.4) is 0 Å². The number of halogens is 1. The lowest BCUT2D eigenvalue weighted by Crippen LogP contribution is -2.14. The highest BCUT2D eigenvalue weighted by Crippen LogP contribution is 2.24. The summed E-state index contributed by atoms with van der Waals surface area (Å²) in [5.41, 5.74) is 1.09. The van der Waals surface area contributed by atoms with Crippen LogP contribution in [0.4, 0.5) is 10.1 Å². The van der Waals surface area contributed by atoms with E-state index in [-0.39, 0.29) is 17.5 Å². The number of amides is 1. The number of hydrogen-bond acceptors (Lipinski definition) is 7. The van der Waals surface area contributed by atoms with Crippen molar-refractivity contribution in [2.24, 2.45) is 0 Å². The smallest absolute Gasteiger partial charge is 0.234 e. The molecule has 0 bridgehead atoms. The highest BCUT2D eigenvalue weighted by atomic mass is 32.2. The van der Waals surface area contributed by atoms with Crippen molar-refractivity contribution in [2.45, 2.75) is 11.7 Å². The summed E-state index contributed by atoms with van der Waals surface area (Å²) in [6, 6.07) is 9.22. The van der Waals surface area contributed by atoms with E-state index >= 15 is 0 Å². The molecule has 0 atom stereocenters. The van der Waals surface area contributed by atoms with E-state index in [1.54, 1.807) is 30.9 Å².